The zero-order valence-corrected chi connectivity index (χ0v) is 8.99. The van der Waals surface area contributed by atoms with Crippen molar-refractivity contribution in [2.45, 2.75) is 51.7 Å². The Kier molecular flexibility index (Phi) is 4.20. The molecular weight excluding hydrogens is 164 g/mol. The van der Waals surface area contributed by atoms with Gasteiger partial charge < -0.3 is 9.84 Å². The van der Waals surface area contributed by atoms with Crippen molar-refractivity contribution in [3.8, 4) is 0 Å². The molecule has 0 bridgehead atoms. The molecule has 3 unspecified atom stereocenters. The molecule has 2 heteroatoms. The summed E-state index contributed by atoms with van der Waals surface area (Å²) in [4.78, 5) is 0. The third-order valence-electron chi connectivity index (χ3n) is 3.02. The Bertz CT molecular complexity index is 143. The fourth-order valence-corrected chi connectivity index (χ4v) is 1.99. The van der Waals surface area contributed by atoms with E-state index in [2.05, 4.69) is 13.8 Å². The topological polar surface area (TPSA) is 29.5 Å². The maximum Gasteiger partial charge on any atom is 0.0860 e. The van der Waals surface area contributed by atoms with Crippen molar-refractivity contribution in [2.75, 3.05) is 7.11 Å². The quantitative estimate of drug-likeness (QED) is 0.689. The van der Waals surface area contributed by atoms with Gasteiger partial charge in [0.05, 0.1) is 12.2 Å². The third-order valence-corrected chi connectivity index (χ3v) is 3.02. The summed E-state index contributed by atoms with van der Waals surface area (Å²) in [6, 6.07) is 0. The Hall–Kier alpha value is -0.0800. The molecule has 2 nitrogen and oxygen atoms in total. The van der Waals surface area contributed by atoms with E-state index in [4.69, 9.17) is 4.74 Å². The zero-order chi connectivity index (χ0) is 9.84. The average molecular weight is 186 g/mol. The van der Waals surface area contributed by atoms with Gasteiger partial charge in [0, 0.05) is 7.11 Å². The van der Waals surface area contributed by atoms with E-state index < -0.39 is 0 Å². The molecule has 0 aromatic heterocycles. The van der Waals surface area contributed by atoms with Gasteiger partial charge in [0.25, 0.3) is 0 Å². The number of aliphatic hydroxyl groups excluding tert-OH is 1. The van der Waals surface area contributed by atoms with Crippen LogP contribution >= 0.6 is 0 Å². The van der Waals surface area contributed by atoms with Gasteiger partial charge in [0.1, 0.15) is 0 Å². The maximum atomic E-state index is 9.99. The van der Waals surface area contributed by atoms with Crippen molar-refractivity contribution in [1.29, 1.82) is 0 Å². The second kappa shape index (κ2) is 4.97. The Balaban J connectivity index is 2.37. The van der Waals surface area contributed by atoms with Gasteiger partial charge in [-0.3, -0.25) is 0 Å². The zero-order valence-electron chi connectivity index (χ0n) is 8.99. The van der Waals surface area contributed by atoms with Crippen molar-refractivity contribution in [3.05, 3.63) is 0 Å². The van der Waals surface area contributed by atoms with Gasteiger partial charge in [0.15, 0.2) is 0 Å². The minimum absolute atomic E-state index is 0.0848. The molecule has 1 aliphatic carbocycles. The molecule has 0 aromatic carbocycles. The first-order valence-electron chi connectivity index (χ1n) is 5.41. The molecule has 1 fully saturated rings. The lowest BCUT2D eigenvalue weighted by Crippen LogP contribution is -2.35. The van der Waals surface area contributed by atoms with Crippen molar-refractivity contribution in [2.24, 2.45) is 11.8 Å². The predicted octanol–water partition coefficient (Wildman–Crippen LogP) is 2.21. The minimum atomic E-state index is -0.266. The highest BCUT2D eigenvalue weighted by molar-refractivity contribution is 4.88. The van der Waals surface area contributed by atoms with Crippen LogP contribution in [0.4, 0.5) is 0 Å². The minimum Gasteiger partial charge on any atom is -0.390 e. The fourth-order valence-electron chi connectivity index (χ4n) is 1.99. The summed E-state index contributed by atoms with van der Waals surface area (Å²) < 4.78 is 5.35. The summed E-state index contributed by atoms with van der Waals surface area (Å²) in [5.41, 5.74) is 0. The van der Waals surface area contributed by atoms with Gasteiger partial charge in [-0.15, -0.1) is 0 Å². The third kappa shape index (κ3) is 2.96. The SMILES string of the molecule is CCCC(C)C(O)C(OC)C1CC1. The van der Waals surface area contributed by atoms with Crippen LogP contribution < -0.4 is 0 Å². The number of hydrogen-bond donors (Lipinski definition) is 1. The van der Waals surface area contributed by atoms with Crippen LogP contribution in [0.2, 0.25) is 0 Å². The van der Waals surface area contributed by atoms with Crippen LogP contribution in [0.15, 0.2) is 0 Å². The number of rotatable bonds is 6. The van der Waals surface area contributed by atoms with E-state index in [-0.39, 0.29) is 12.2 Å². The first-order chi connectivity index (χ1) is 6.20. The highest BCUT2D eigenvalue weighted by atomic mass is 16.5. The molecule has 78 valence electrons. The van der Waals surface area contributed by atoms with Crippen LogP contribution in [0.25, 0.3) is 0 Å². The highest BCUT2D eigenvalue weighted by Crippen LogP contribution is 2.37. The van der Waals surface area contributed by atoms with E-state index in [0.29, 0.717) is 11.8 Å². The van der Waals surface area contributed by atoms with Crippen LogP contribution in [-0.4, -0.2) is 24.4 Å². The number of aliphatic hydroxyl groups is 1. The normalized spacial score (nSPS) is 24.0. The Morgan fingerprint density at radius 3 is 2.46 bits per heavy atom. The second-order valence-electron chi connectivity index (χ2n) is 4.29. The fraction of sp³-hybridized carbons (Fsp3) is 1.00. The molecule has 0 saturated heterocycles. The molecule has 1 saturated carbocycles. The monoisotopic (exact) mass is 186 g/mol. The number of hydrogen-bond acceptors (Lipinski definition) is 2. The van der Waals surface area contributed by atoms with Crippen molar-refractivity contribution in [1.82, 2.24) is 0 Å². The Morgan fingerprint density at radius 1 is 1.46 bits per heavy atom. The van der Waals surface area contributed by atoms with Gasteiger partial charge in [0.2, 0.25) is 0 Å². The van der Waals surface area contributed by atoms with Crippen LogP contribution in [0.5, 0.6) is 0 Å². The summed E-state index contributed by atoms with van der Waals surface area (Å²) in [5.74, 6) is 0.995. The second-order valence-corrected chi connectivity index (χ2v) is 4.29. The van der Waals surface area contributed by atoms with E-state index in [1.54, 1.807) is 7.11 Å². The summed E-state index contributed by atoms with van der Waals surface area (Å²) in [5, 5.41) is 9.99. The van der Waals surface area contributed by atoms with Crippen molar-refractivity contribution < 1.29 is 9.84 Å². The van der Waals surface area contributed by atoms with Crippen molar-refractivity contribution in [3.63, 3.8) is 0 Å². The predicted molar refractivity (Wildman–Crippen MR) is 53.6 cm³/mol. The molecule has 3 atom stereocenters. The molecular formula is C11H22O2. The van der Waals surface area contributed by atoms with Crippen LogP contribution in [0, 0.1) is 11.8 Å². The maximum absolute atomic E-state index is 9.99. The van der Waals surface area contributed by atoms with E-state index >= 15 is 0 Å². The van der Waals surface area contributed by atoms with Crippen molar-refractivity contribution >= 4 is 0 Å². The van der Waals surface area contributed by atoms with Gasteiger partial charge >= 0.3 is 0 Å². The molecule has 0 heterocycles. The Morgan fingerprint density at radius 2 is 2.08 bits per heavy atom. The Labute approximate surface area is 81.3 Å². The average Bonchev–Trinajstić information content (AvgIpc) is 2.90. The van der Waals surface area contributed by atoms with Gasteiger partial charge in [-0.2, -0.15) is 0 Å². The van der Waals surface area contributed by atoms with Crippen LogP contribution in [-0.2, 0) is 4.74 Å². The largest absolute Gasteiger partial charge is 0.390 e. The summed E-state index contributed by atoms with van der Waals surface area (Å²) in [6.45, 7) is 4.27. The molecule has 13 heavy (non-hydrogen) atoms. The molecule has 0 aromatic rings. The van der Waals surface area contributed by atoms with Gasteiger partial charge in [-0.25, -0.2) is 0 Å². The molecule has 0 radical (unpaired) electrons. The number of ether oxygens (including phenoxy) is 1. The number of methoxy groups -OCH3 is 1. The lowest BCUT2D eigenvalue weighted by atomic mass is 9.93. The lowest BCUT2D eigenvalue weighted by Gasteiger charge is -2.26. The van der Waals surface area contributed by atoms with E-state index in [1.165, 1.54) is 12.8 Å². The van der Waals surface area contributed by atoms with E-state index in [0.717, 1.165) is 12.8 Å². The molecule has 1 N–H and O–H groups in total. The molecule has 0 amide bonds. The van der Waals surface area contributed by atoms with Gasteiger partial charge in [-0.05, 0) is 31.1 Å². The lowest BCUT2D eigenvalue weighted by molar-refractivity contribution is -0.0505. The summed E-state index contributed by atoms with van der Waals surface area (Å²) >= 11 is 0. The smallest absolute Gasteiger partial charge is 0.0860 e. The molecule has 1 aliphatic rings. The summed E-state index contributed by atoms with van der Waals surface area (Å²) in [7, 11) is 1.71. The van der Waals surface area contributed by atoms with E-state index in [9.17, 15) is 5.11 Å². The van der Waals surface area contributed by atoms with Gasteiger partial charge in [-0.1, -0.05) is 20.3 Å². The first kappa shape index (κ1) is 11.0. The van der Waals surface area contributed by atoms with E-state index in [1.807, 2.05) is 0 Å². The first-order valence-corrected chi connectivity index (χ1v) is 5.41. The van der Waals surface area contributed by atoms with Crippen LogP contribution in [0.1, 0.15) is 39.5 Å². The molecule has 0 aliphatic heterocycles. The summed E-state index contributed by atoms with van der Waals surface area (Å²) in [6.07, 6.45) is 4.51. The molecule has 1 rings (SSSR count). The highest BCUT2D eigenvalue weighted by Gasteiger charge is 2.37. The standard InChI is InChI=1S/C11H22O2/c1-4-5-8(2)10(12)11(13-3)9-6-7-9/h8-12H,4-7H2,1-3H3. The van der Waals surface area contributed by atoms with Crippen LogP contribution in [0.3, 0.4) is 0 Å². The molecule has 0 spiro atoms.